The van der Waals surface area contributed by atoms with E-state index in [-0.39, 0.29) is 35.4 Å². The molecule has 200 valence electrons. The molecule has 0 aliphatic heterocycles. The number of carbonyl (C=O) groups is 2. The molecule has 5 aromatic rings. The zero-order valence-corrected chi connectivity index (χ0v) is 20.8. The van der Waals surface area contributed by atoms with Crippen LogP contribution in [0.4, 0.5) is 18.9 Å². The third-order valence-electron chi connectivity index (χ3n) is 5.97. The largest absolute Gasteiger partial charge is 0.435 e. The Hall–Kier alpha value is -5.25. The minimum Gasteiger partial charge on any atom is -0.435 e. The van der Waals surface area contributed by atoms with Crippen LogP contribution in [0.15, 0.2) is 108 Å². The summed E-state index contributed by atoms with van der Waals surface area (Å²) >= 11 is 0. The Labute approximate surface area is 226 Å². The number of halogens is 3. The monoisotopic (exact) mass is 542 g/mol. The van der Waals surface area contributed by atoms with Crippen molar-refractivity contribution >= 4 is 17.5 Å². The van der Waals surface area contributed by atoms with Crippen LogP contribution in [0, 0.1) is 0 Å². The number of pyridine rings is 1. The van der Waals surface area contributed by atoms with E-state index in [0.29, 0.717) is 22.4 Å². The minimum atomic E-state index is -4.56. The van der Waals surface area contributed by atoms with E-state index < -0.39 is 17.6 Å². The Balaban J connectivity index is 1.42. The molecule has 7 nitrogen and oxygen atoms in total. The highest BCUT2D eigenvalue weighted by molar-refractivity contribution is 6.04. The van der Waals surface area contributed by atoms with E-state index in [1.807, 2.05) is 6.07 Å². The quantitative estimate of drug-likeness (QED) is 0.241. The molecule has 0 saturated heterocycles. The zero-order chi connectivity index (χ0) is 28.1. The minimum absolute atomic E-state index is 0.0778. The van der Waals surface area contributed by atoms with E-state index in [4.69, 9.17) is 4.42 Å². The van der Waals surface area contributed by atoms with Gasteiger partial charge in [0.25, 0.3) is 11.8 Å². The number of alkyl halides is 3. The zero-order valence-electron chi connectivity index (χ0n) is 20.8. The van der Waals surface area contributed by atoms with E-state index in [1.54, 1.807) is 60.7 Å². The van der Waals surface area contributed by atoms with Gasteiger partial charge in [0.15, 0.2) is 11.5 Å². The molecule has 5 rings (SSSR count). The Morgan fingerprint density at radius 1 is 0.775 bits per heavy atom. The van der Waals surface area contributed by atoms with Crippen molar-refractivity contribution < 1.29 is 27.2 Å². The van der Waals surface area contributed by atoms with Gasteiger partial charge in [0.05, 0.1) is 5.56 Å². The van der Waals surface area contributed by atoms with E-state index in [9.17, 15) is 22.8 Å². The lowest BCUT2D eigenvalue weighted by Crippen LogP contribution is -2.25. The first kappa shape index (κ1) is 26.4. The van der Waals surface area contributed by atoms with Crippen molar-refractivity contribution in [1.29, 1.82) is 0 Å². The Morgan fingerprint density at radius 3 is 2.15 bits per heavy atom. The molecule has 0 saturated carbocycles. The van der Waals surface area contributed by atoms with Gasteiger partial charge >= 0.3 is 6.18 Å². The number of benzene rings is 3. The van der Waals surface area contributed by atoms with Gasteiger partial charge in [-0.25, -0.2) is 4.98 Å². The number of hydrogen-bond donors (Lipinski definition) is 2. The number of hydrogen-bond acceptors (Lipinski definition) is 5. The Kier molecular flexibility index (Phi) is 7.41. The summed E-state index contributed by atoms with van der Waals surface area (Å²) in [6.45, 7) is -0.360. The Bertz CT molecular complexity index is 1630. The average Bonchev–Trinajstić information content (AvgIpc) is 3.43. The molecule has 2 aromatic heterocycles. The highest BCUT2D eigenvalue weighted by Crippen LogP contribution is 2.33. The molecule has 0 atom stereocenters. The average molecular weight is 543 g/mol. The summed E-state index contributed by atoms with van der Waals surface area (Å²) < 4.78 is 46.2. The van der Waals surface area contributed by atoms with Crippen molar-refractivity contribution in [2.24, 2.45) is 0 Å². The van der Waals surface area contributed by atoms with Gasteiger partial charge in [-0.1, -0.05) is 36.4 Å². The fourth-order valence-corrected chi connectivity index (χ4v) is 4.00. The van der Waals surface area contributed by atoms with Crippen LogP contribution in [0.25, 0.3) is 22.8 Å². The number of amides is 2. The maximum Gasteiger partial charge on any atom is 0.416 e. The molecule has 0 spiro atoms. The van der Waals surface area contributed by atoms with Gasteiger partial charge in [0.1, 0.15) is 0 Å². The standard InChI is InChI=1S/C30H21F3N4O3/c31-30(32,33)24-9-5-4-8-22(24)18-35-28(39)25-26(40-29(37-25)21-6-2-1-3-7-21)19-10-12-23(13-11-19)36-27(38)20-14-16-34-17-15-20/h1-17H,18H2,(H,35,39)(H,36,38). The molecule has 0 radical (unpaired) electrons. The highest BCUT2D eigenvalue weighted by Gasteiger charge is 2.33. The summed E-state index contributed by atoms with van der Waals surface area (Å²) in [6.07, 6.45) is -1.53. The van der Waals surface area contributed by atoms with Gasteiger partial charge in [-0.05, 0) is 60.2 Å². The lowest BCUT2D eigenvalue weighted by atomic mass is 10.1. The third-order valence-corrected chi connectivity index (χ3v) is 5.97. The predicted molar refractivity (Wildman–Crippen MR) is 142 cm³/mol. The van der Waals surface area contributed by atoms with Crippen LogP contribution in [-0.4, -0.2) is 21.8 Å². The summed E-state index contributed by atoms with van der Waals surface area (Å²) in [4.78, 5) is 33.9. The molecule has 2 N–H and O–H groups in total. The fourth-order valence-electron chi connectivity index (χ4n) is 4.00. The van der Waals surface area contributed by atoms with E-state index in [1.165, 1.54) is 30.6 Å². The molecule has 0 bridgehead atoms. The number of nitrogens with zero attached hydrogens (tertiary/aromatic N) is 2. The van der Waals surface area contributed by atoms with Crippen molar-refractivity contribution in [3.63, 3.8) is 0 Å². The van der Waals surface area contributed by atoms with Gasteiger partial charge in [-0.3, -0.25) is 14.6 Å². The topological polar surface area (TPSA) is 97.1 Å². The molecule has 40 heavy (non-hydrogen) atoms. The SMILES string of the molecule is O=C(Nc1ccc(-c2oc(-c3ccccc3)nc2C(=O)NCc2ccccc2C(F)(F)F)cc1)c1ccncc1. The molecule has 0 unspecified atom stereocenters. The van der Waals surface area contributed by atoms with E-state index in [2.05, 4.69) is 20.6 Å². The van der Waals surface area contributed by atoms with E-state index >= 15 is 0 Å². The molecular formula is C30H21F3N4O3. The van der Waals surface area contributed by atoms with Gasteiger partial charge in [0, 0.05) is 41.3 Å². The van der Waals surface area contributed by atoms with Crippen LogP contribution in [0.5, 0.6) is 0 Å². The highest BCUT2D eigenvalue weighted by atomic mass is 19.4. The normalized spacial score (nSPS) is 11.2. The summed E-state index contributed by atoms with van der Waals surface area (Å²) in [5.41, 5.74) is 1.05. The number of rotatable bonds is 7. The van der Waals surface area contributed by atoms with Crippen LogP contribution >= 0.6 is 0 Å². The molecule has 10 heteroatoms. The van der Waals surface area contributed by atoms with Crippen molar-refractivity contribution in [3.05, 3.63) is 126 Å². The number of anilines is 1. The van der Waals surface area contributed by atoms with E-state index in [0.717, 1.165) is 6.07 Å². The number of aromatic nitrogens is 2. The predicted octanol–water partition coefficient (Wildman–Crippen LogP) is 6.60. The van der Waals surface area contributed by atoms with Crippen LogP contribution in [-0.2, 0) is 12.7 Å². The summed E-state index contributed by atoms with van der Waals surface area (Å²) in [6, 6.07) is 23.7. The summed E-state index contributed by atoms with van der Waals surface area (Å²) in [7, 11) is 0. The third kappa shape index (κ3) is 5.91. The molecule has 2 amide bonds. The smallest absolute Gasteiger partial charge is 0.416 e. The van der Waals surface area contributed by atoms with Gasteiger partial charge in [-0.15, -0.1) is 0 Å². The van der Waals surface area contributed by atoms with Gasteiger partial charge in [0.2, 0.25) is 5.89 Å². The van der Waals surface area contributed by atoms with Crippen molar-refractivity contribution in [2.75, 3.05) is 5.32 Å². The van der Waals surface area contributed by atoms with Gasteiger partial charge in [-0.2, -0.15) is 13.2 Å². The summed E-state index contributed by atoms with van der Waals surface area (Å²) in [5.74, 6) is -0.715. The maximum absolute atomic E-state index is 13.4. The molecule has 0 fully saturated rings. The lowest BCUT2D eigenvalue weighted by Gasteiger charge is -2.13. The van der Waals surface area contributed by atoms with Crippen molar-refractivity contribution in [3.8, 4) is 22.8 Å². The van der Waals surface area contributed by atoms with Crippen molar-refractivity contribution in [1.82, 2.24) is 15.3 Å². The number of nitrogens with one attached hydrogen (secondary N) is 2. The molecule has 3 aromatic carbocycles. The first-order chi connectivity index (χ1) is 19.3. The molecular weight excluding hydrogens is 521 g/mol. The number of oxazole rings is 1. The number of carbonyl (C=O) groups excluding carboxylic acids is 2. The Morgan fingerprint density at radius 2 is 1.45 bits per heavy atom. The van der Waals surface area contributed by atoms with Crippen LogP contribution in [0.1, 0.15) is 32.0 Å². The van der Waals surface area contributed by atoms with Crippen LogP contribution in [0.2, 0.25) is 0 Å². The second kappa shape index (κ2) is 11.2. The van der Waals surface area contributed by atoms with Crippen molar-refractivity contribution in [2.45, 2.75) is 12.7 Å². The maximum atomic E-state index is 13.4. The molecule has 2 heterocycles. The second-order valence-electron chi connectivity index (χ2n) is 8.67. The van der Waals surface area contributed by atoms with Crippen LogP contribution < -0.4 is 10.6 Å². The molecule has 0 aliphatic carbocycles. The van der Waals surface area contributed by atoms with Gasteiger partial charge < -0.3 is 15.1 Å². The summed E-state index contributed by atoms with van der Waals surface area (Å²) in [5, 5.41) is 5.31. The second-order valence-corrected chi connectivity index (χ2v) is 8.67. The first-order valence-corrected chi connectivity index (χ1v) is 12.1. The van der Waals surface area contributed by atoms with Crippen LogP contribution in [0.3, 0.4) is 0 Å². The lowest BCUT2D eigenvalue weighted by molar-refractivity contribution is -0.138. The fraction of sp³-hybridized carbons (Fsp3) is 0.0667. The first-order valence-electron chi connectivity index (χ1n) is 12.1. The molecule has 0 aliphatic rings.